The number of ether oxygens (including phenoxy) is 5. The Morgan fingerprint density at radius 1 is 0.788 bits per heavy atom. The molecule has 0 unspecified atom stereocenters. The molecular weight excluding hydrogens is 436 g/mol. The van der Waals surface area contributed by atoms with Gasteiger partial charge in [-0.25, -0.2) is 0 Å². The second kappa shape index (κ2) is 9.70. The third-order valence-corrected chi connectivity index (χ3v) is 4.52. The molecule has 0 saturated carbocycles. The van der Waals surface area contributed by atoms with Gasteiger partial charge in [0.05, 0.1) is 5.56 Å². The molecule has 0 aliphatic carbocycles. The Balaban J connectivity index is 2.09. The lowest BCUT2D eigenvalue weighted by molar-refractivity contribution is -0.164. The molecule has 3 rings (SSSR count). The van der Waals surface area contributed by atoms with Crippen molar-refractivity contribution >= 4 is 23.9 Å². The third kappa shape index (κ3) is 5.66. The minimum atomic E-state index is -1.45. The van der Waals surface area contributed by atoms with Crippen LogP contribution in [0.4, 0.5) is 0 Å². The molecule has 1 heterocycles. The van der Waals surface area contributed by atoms with Crippen molar-refractivity contribution in [2.75, 3.05) is 0 Å². The van der Waals surface area contributed by atoms with Crippen LogP contribution >= 0.6 is 0 Å². The number of carbonyl (C=O) groups is 4. The lowest BCUT2D eigenvalue weighted by Crippen LogP contribution is -2.38. The summed E-state index contributed by atoms with van der Waals surface area (Å²) in [5, 5.41) is 11.1. The van der Waals surface area contributed by atoms with Crippen molar-refractivity contribution in [1.29, 1.82) is 0 Å². The zero-order valence-electron chi connectivity index (χ0n) is 18.3. The van der Waals surface area contributed by atoms with Gasteiger partial charge in [-0.2, -0.15) is 0 Å². The van der Waals surface area contributed by atoms with Crippen LogP contribution in [-0.4, -0.2) is 35.1 Å². The summed E-state index contributed by atoms with van der Waals surface area (Å²) in [4.78, 5) is 46.0. The number of esters is 4. The zero-order chi connectivity index (χ0) is 24.3. The van der Waals surface area contributed by atoms with Crippen LogP contribution in [0.5, 0.6) is 23.0 Å². The van der Waals surface area contributed by atoms with Gasteiger partial charge < -0.3 is 28.8 Å². The van der Waals surface area contributed by atoms with Crippen molar-refractivity contribution in [3.05, 3.63) is 47.5 Å². The molecule has 2 aromatic rings. The molecular formula is C23H22O10. The molecule has 1 N–H and O–H groups in total. The summed E-state index contributed by atoms with van der Waals surface area (Å²) >= 11 is 0. The highest BCUT2D eigenvalue weighted by Gasteiger charge is 2.43. The first-order valence-corrected chi connectivity index (χ1v) is 9.90. The van der Waals surface area contributed by atoms with E-state index in [0.717, 1.165) is 6.92 Å². The van der Waals surface area contributed by atoms with E-state index in [0.29, 0.717) is 11.3 Å². The van der Waals surface area contributed by atoms with Crippen molar-refractivity contribution in [2.24, 2.45) is 0 Å². The van der Waals surface area contributed by atoms with Crippen molar-refractivity contribution in [2.45, 2.75) is 46.0 Å². The maximum atomic E-state index is 11.8. The molecule has 1 aliphatic heterocycles. The molecule has 0 fully saturated rings. The van der Waals surface area contributed by atoms with Crippen molar-refractivity contribution < 1.29 is 48.0 Å². The van der Waals surface area contributed by atoms with Gasteiger partial charge in [0.1, 0.15) is 29.1 Å². The molecule has 0 amide bonds. The third-order valence-electron chi connectivity index (χ3n) is 4.52. The summed E-state index contributed by atoms with van der Waals surface area (Å²) in [5.41, 5.74) is 0.550. The second-order valence-corrected chi connectivity index (χ2v) is 7.24. The number of carbonyl (C=O) groups excluding carboxylic acids is 4. The van der Waals surface area contributed by atoms with Crippen LogP contribution in [0.15, 0.2) is 36.4 Å². The highest BCUT2D eigenvalue weighted by atomic mass is 16.6. The molecule has 3 atom stereocenters. The largest absolute Gasteiger partial charge is 0.481 e. The molecule has 10 heteroatoms. The van der Waals surface area contributed by atoms with E-state index in [1.54, 1.807) is 12.1 Å². The quantitative estimate of drug-likeness (QED) is 0.526. The van der Waals surface area contributed by atoms with Crippen LogP contribution < -0.4 is 18.9 Å². The van der Waals surface area contributed by atoms with Gasteiger partial charge in [0.25, 0.3) is 0 Å². The number of aliphatic hydroxyl groups is 1. The average molecular weight is 458 g/mol. The predicted octanol–water partition coefficient (Wildman–Crippen LogP) is 2.56. The maximum Gasteiger partial charge on any atom is 0.308 e. The lowest BCUT2D eigenvalue weighted by Gasteiger charge is -2.37. The first-order valence-electron chi connectivity index (χ1n) is 9.90. The van der Waals surface area contributed by atoms with Crippen LogP contribution in [0, 0.1) is 0 Å². The van der Waals surface area contributed by atoms with E-state index < -0.39 is 42.2 Å². The molecule has 33 heavy (non-hydrogen) atoms. The molecule has 0 spiro atoms. The monoisotopic (exact) mass is 458 g/mol. The number of hydrogen-bond donors (Lipinski definition) is 1. The number of benzene rings is 2. The predicted molar refractivity (Wildman–Crippen MR) is 111 cm³/mol. The fourth-order valence-corrected chi connectivity index (χ4v) is 3.43. The van der Waals surface area contributed by atoms with Crippen LogP contribution in [0.1, 0.15) is 51.0 Å². The van der Waals surface area contributed by atoms with Gasteiger partial charge in [0.2, 0.25) is 0 Å². The molecule has 174 valence electrons. The number of hydrogen-bond acceptors (Lipinski definition) is 10. The number of fused-ring (bicyclic) bond motifs is 1. The van der Waals surface area contributed by atoms with Crippen LogP contribution in [0.2, 0.25) is 0 Å². The van der Waals surface area contributed by atoms with Crippen LogP contribution in [0.25, 0.3) is 0 Å². The molecule has 10 nitrogen and oxygen atoms in total. The van der Waals surface area contributed by atoms with Gasteiger partial charge in [0, 0.05) is 39.8 Å². The highest BCUT2D eigenvalue weighted by molar-refractivity contribution is 5.73. The van der Waals surface area contributed by atoms with Gasteiger partial charge in [-0.3, -0.25) is 19.2 Å². The molecule has 0 aromatic heterocycles. The summed E-state index contributed by atoms with van der Waals surface area (Å²) in [5.74, 6) is -2.18. The topological polar surface area (TPSA) is 135 Å². The SMILES string of the molecule is CC(=O)Oc1ccc([C@H]2Oc3cc(OC(C)=O)cc(OC(C)=O)c3[C@@H](O)[C@@H]2OC(C)=O)cc1. The summed E-state index contributed by atoms with van der Waals surface area (Å²) in [6, 6.07) is 8.82. The standard InChI is InChI=1S/C23H22O10/c1-11(24)29-16-7-5-15(6-8-16)22-23(32-14(4)27)21(28)20-18(31-13(3)26)9-17(30-12(2)25)10-19(20)33-22/h5-10,21-23,28H,1-4H3/t21-,22-,23+/m1/s1. The van der Waals surface area contributed by atoms with Crippen molar-refractivity contribution in [1.82, 2.24) is 0 Å². The maximum absolute atomic E-state index is 11.8. The first kappa shape index (κ1) is 23.7. The Hall–Kier alpha value is -3.92. The molecule has 1 aliphatic rings. The summed E-state index contributed by atoms with van der Waals surface area (Å²) < 4.78 is 26.7. The number of rotatable bonds is 5. The van der Waals surface area contributed by atoms with E-state index in [-0.39, 0.29) is 22.8 Å². The van der Waals surface area contributed by atoms with Gasteiger partial charge in [-0.1, -0.05) is 12.1 Å². The van der Waals surface area contributed by atoms with Crippen LogP contribution in [-0.2, 0) is 23.9 Å². The fourth-order valence-electron chi connectivity index (χ4n) is 3.43. The lowest BCUT2D eigenvalue weighted by atomic mass is 9.91. The average Bonchev–Trinajstić information content (AvgIpc) is 2.68. The van der Waals surface area contributed by atoms with E-state index in [4.69, 9.17) is 23.7 Å². The Kier molecular flexibility index (Phi) is 6.98. The summed E-state index contributed by atoms with van der Waals surface area (Å²) in [7, 11) is 0. The second-order valence-electron chi connectivity index (χ2n) is 7.24. The van der Waals surface area contributed by atoms with E-state index in [1.807, 2.05) is 0 Å². The smallest absolute Gasteiger partial charge is 0.308 e. The van der Waals surface area contributed by atoms with Crippen molar-refractivity contribution in [3.8, 4) is 23.0 Å². The zero-order valence-corrected chi connectivity index (χ0v) is 18.3. The molecule has 2 aromatic carbocycles. The van der Waals surface area contributed by atoms with E-state index in [1.165, 1.54) is 45.0 Å². The van der Waals surface area contributed by atoms with Crippen LogP contribution in [0.3, 0.4) is 0 Å². The van der Waals surface area contributed by atoms with Crippen molar-refractivity contribution in [3.63, 3.8) is 0 Å². The summed E-state index contributed by atoms with van der Waals surface area (Å²) in [6.07, 6.45) is -3.64. The van der Waals surface area contributed by atoms with Gasteiger partial charge in [-0.15, -0.1) is 0 Å². The van der Waals surface area contributed by atoms with E-state index in [9.17, 15) is 24.3 Å². The fraction of sp³-hybridized carbons (Fsp3) is 0.304. The van der Waals surface area contributed by atoms with Gasteiger partial charge in [0.15, 0.2) is 12.2 Å². The molecule has 0 saturated heterocycles. The minimum absolute atomic E-state index is 0.0274. The van der Waals surface area contributed by atoms with E-state index >= 15 is 0 Å². The molecule has 0 bridgehead atoms. The Morgan fingerprint density at radius 2 is 1.36 bits per heavy atom. The summed E-state index contributed by atoms with van der Waals surface area (Å²) in [6.45, 7) is 4.81. The molecule has 0 radical (unpaired) electrons. The highest BCUT2D eigenvalue weighted by Crippen LogP contribution is 2.48. The van der Waals surface area contributed by atoms with Gasteiger partial charge in [-0.05, 0) is 17.7 Å². The Morgan fingerprint density at radius 3 is 1.91 bits per heavy atom. The minimum Gasteiger partial charge on any atom is -0.481 e. The Bertz CT molecular complexity index is 1090. The first-order chi connectivity index (χ1) is 15.5. The normalized spacial score (nSPS) is 18.9. The Labute approximate surface area is 189 Å². The van der Waals surface area contributed by atoms with Gasteiger partial charge >= 0.3 is 23.9 Å². The van der Waals surface area contributed by atoms with E-state index in [2.05, 4.69) is 0 Å². The number of aliphatic hydroxyl groups excluding tert-OH is 1.